The lowest BCUT2D eigenvalue weighted by Crippen LogP contribution is -2.37. The summed E-state index contributed by atoms with van der Waals surface area (Å²) in [6.07, 6.45) is 1.24. The normalized spacial score (nSPS) is 17.7. The number of methoxy groups -OCH3 is 1. The Morgan fingerprint density at radius 3 is 2.51 bits per heavy atom. The second kappa shape index (κ2) is 12.0. The monoisotopic (exact) mass is 599 g/mol. The lowest BCUT2D eigenvalue weighted by molar-refractivity contribution is -0.147. The Balaban J connectivity index is 1.81. The van der Waals surface area contributed by atoms with Crippen LogP contribution < -0.4 is 9.47 Å². The zero-order valence-corrected chi connectivity index (χ0v) is 25.9. The van der Waals surface area contributed by atoms with Crippen LogP contribution in [0.2, 0.25) is 0 Å². The fourth-order valence-electron chi connectivity index (χ4n) is 5.29. The number of carbonyl (C=O) groups is 2. The summed E-state index contributed by atoms with van der Waals surface area (Å²) in [5.74, 6) is -1.01. The molecule has 41 heavy (non-hydrogen) atoms. The van der Waals surface area contributed by atoms with Crippen molar-refractivity contribution in [1.82, 2.24) is 4.31 Å². The number of carboxylic acids is 1. The van der Waals surface area contributed by atoms with E-state index in [0.29, 0.717) is 33.2 Å². The van der Waals surface area contributed by atoms with Crippen LogP contribution in [-0.4, -0.2) is 49.3 Å². The first kappa shape index (κ1) is 30.7. The highest BCUT2D eigenvalue weighted by Crippen LogP contribution is 2.47. The van der Waals surface area contributed by atoms with Gasteiger partial charge in [0.2, 0.25) is 10.0 Å². The molecule has 3 aromatic rings. The van der Waals surface area contributed by atoms with Crippen molar-refractivity contribution < 1.29 is 32.6 Å². The van der Waals surface area contributed by atoms with Crippen LogP contribution in [0.5, 0.6) is 11.5 Å². The third-order valence-corrected chi connectivity index (χ3v) is 10.8. The molecule has 0 bridgehead atoms. The molecule has 2 aromatic carbocycles. The van der Waals surface area contributed by atoms with Gasteiger partial charge >= 0.3 is 5.97 Å². The van der Waals surface area contributed by atoms with Crippen molar-refractivity contribution in [2.24, 2.45) is 5.41 Å². The summed E-state index contributed by atoms with van der Waals surface area (Å²) in [6.45, 7) is 9.01. The summed E-state index contributed by atoms with van der Waals surface area (Å²) in [5.41, 5.74) is 1.12. The van der Waals surface area contributed by atoms with Crippen LogP contribution in [0.1, 0.15) is 77.7 Å². The first-order chi connectivity index (χ1) is 19.3. The topological polar surface area (TPSA) is 110 Å². The van der Waals surface area contributed by atoms with E-state index in [-0.39, 0.29) is 29.9 Å². The number of fused-ring (bicyclic) bond motifs is 1. The van der Waals surface area contributed by atoms with Crippen molar-refractivity contribution in [3.63, 3.8) is 0 Å². The number of hydrogen-bond donors (Lipinski definition) is 1. The number of sulfonamides is 1. The molecule has 1 aliphatic rings. The molecule has 0 aliphatic carbocycles. The smallest absolute Gasteiger partial charge is 0.310 e. The van der Waals surface area contributed by atoms with Crippen molar-refractivity contribution >= 4 is 33.1 Å². The number of ether oxygens (including phenoxy) is 2. The van der Waals surface area contributed by atoms with E-state index in [1.807, 2.05) is 32.0 Å². The number of aliphatic carboxylic acids is 1. The van der Waals surface area contributed by atoms with E-state index in [4.69, 9.17) is 9.47 Å². The first-order valence-electron chi connectivity index (χ1n) is 13.6. The number of carboxylic acid groups (broad SMARTS) is 1. The van der Waals surface area contributed by atoms with Gasteiger partial charge in [-0.2, -0.15) is 4.31 Å². The van der Waals surface area contributed by atoms with Crippen molar-refractivity contribution in [3.05, 3.63) is 75.0 Å². The Morgan fingerprint density at radius 2 is 1.90 bits per heavy atom. The number of ketones is 1. The fraction of sp³-hybridized carbons (Fsp3) is 0.419. The maximum Gasteiger partial charge on any atom is 0.310 e. The maximum atomic E-state index is 13.8. The maximum absolute atomic E-state index is 13.8. The Bertz CT molecular complexity index is 1560. The van der Waals surface area contributed by atoms with Crippen molar-refractivity contribution in [1.29, 1.82) is 0 Å². The van der Waals surface area contributed by atoms with Gasteiger partial charge in [0.05, 0.1) is 19.1 Å². The molecule has 8 nitrogen and oxygen atoms in total. The lowest BCUT2D eigenvalue weighted by atomic mass is 9.73. The van der Waals surface area contributed by atoms with Gasteiger partial charge in [0, 0.05) is 24.3 Å². The molecule has 2 atom stereocenters. The molecule has 0 saturated carbocycles. The van der Waals surface area contributed by atoms with Gasteiger partial charge in [-0.3, -0.25) is 9.59 Å². The summed E-state index contributed by atoms with van der Waals surface area (Å²) in [5, 5.41) is 10.2. The van der Waals surface area contributed by atoms with Crippen LogP contribution in [0.25, 0.3) is 0 Å². The minimum absolute atomic E-state index is 0.104. The molecule has 220 valence electrons. The zero-order chi connectivity index (χ0) is 30.1. The molecule has 1 unspecified atom stereocenters. The highest BCUT2D eigenvalue weighted by Gasteiger charge is 2.41. The van der Waals surface area contributed by atoms with E-state index in [0.717, 1.165) is 17.5 Å². The third-order valence-electron chi connectivity index (χ3n) is 7.65. The van der Waals surface area contributed by atoms with Gasteiger partial charge in [0.25, 0.3) is 0 Å². The van der Waals surface area contributed by atoms with Crippen LogP contribution in [0.15, 0.2) is 53.4 Å². The van der Waals surface area contributed by atoms with Crippen LogP contribution in [0, 0.1) is 12.3 Å². The number of rotatable bonds is 10. The SMILES string of the molecule is CCC[C@@H]1CN(Cc2cc(C(c3cc(OC)c(C(C)=O)s3)C(C)(C)C(=O)O)ccc2C)S(=O)(=O)c2ccccc2O1. The van der Waals surface area contributed by atoms with Gasteiger partial charge in [-0.1, -0.05) is 43.7 Å². The first-order valence-corrected chi connectivity index (χ1v) is 15.8. The molecule has 1 N–H and O–H groups in total. The van der Waals surface area contributed by atoms with Crippen molar-refractivity contribution in [3.8, 4) is 11.5 Å². The van der Waals surface area contributed by atoms with Crippen LogP contribution in [0.3, 0.4) is 0 Å². The largest absolute Gasteiger partial charge is 0.495 e. The van der Waals surface area contributed by atoms with Crippen LogP contribution in [-0.2, 0) is 21.4 Å². The second-order valence-electron chi connectivity index (χ2n) is 11.0. The minimum atomic E-state index is -3.87. The molecule has 0 fully saturated rings. The quantitative estimate of drug-likeness (QED) is 0.274. The molecule has 0 radical (unpaired) electrons. The molecule has 1 aliphatic heterocycles. The number of thiophene rings is 1. The molecule has 0 amide bonds. The number of Topliss-reactive ketones (excluding diaryl/α,β-unsaturated/α-hetero) is 1. The molecule has 4 rings (SSSR count). The molecule has 1 aromatic heterocycles. The number of hydrogen-bond acceptors (Lipinski definition) is 7. The van der Waals surface area contributed by atoms with Gasteiger partial charge in [-0.05, 0) is 62.1 Å². The Hall–Kier alpha value is -3.21. The van der Waals surface area contributed by atoms with E-state index in [9.17, 15) is 23.1 Å². The molecular formula is C31H37NO7S2. The average Bonchev–Trinajstić information content (AvgIpc) is 3.30. The fourth-order valence-corrected chi connectivity index (χ4v) is 8.19. The van der Waals surface area contributed by atoms with E-state index >= 15 is 0 Å². The molecule has 10 heteroatoms. The molecule has 2 heterocycles. The predicted molar refractivity (Wildman–Crippen MR) is 159 cm³/mol. The highest BCUT2D eigenvalue weighted by molar-refractivity contribution is 7.89. The van der Waals surface area contributed by atoms with Crippen molar-refractivity contribution in [2.45, 2.75) is 70.9 Å². The highest BCUT2D eigenvalue weighted by atomic mass is 32.2. The number of carbonyl (C=O) groups excluding carboxylic acids is 1. The van der Waals surface area contributed by atoms with Gasteiger partial charge in [-0.25, -0.2) is 8.42 Å². The Morgan fingerprint density at radius 1 is 1.20 bits per heavy atom. The number of nitrogens with zero attached hydrogens (tertiary/aromatic N) is 1. The van der Waals surface area contributed by atoms with E-state index in [2.05, 4.69) is 0 Å². The molecule has 0 spiro atoms. The summed E-state index contributed by atoms with van der Waals surface area (Å²) < 4.78 is 40.7. The van der Waals surface area contributed by atoms with Crippen LogP contribution in [0.4, 0.5) is 0 Å². The van der Waals surface area contributed by atoms with E-state index in [1.54, 1.807) is 44.2 Å². The summed E-state index contributed by atoms with van der Waals surface area (Å²) >= 11 is 1.22. The molecule has 0 saturated heterocycles. The van der Waals surface area contributed by atoms with Gasteiger partial charge < -0.3 is 14.6 Å². The third kappa shape index (κ3) is 6.05. The standard InChI is InChI=1S/C31H37NO7S2/c1-7-10-23-18-32(41(36,37)27-12-9-8-11-24(27)39-23)17-22-15-21(14-13-19(22)2)28(31(4,5)30(34)35)26-16-25(38-6)29(40-26)20(3)33/h8-9,11-16,23,28H,7,10,17-18H2,1-6H3,(H,34,35)/t23-,28?/m1/s1. The van der Waals surface area contributed by atoms with Crippen molar-refractivity contribution in [2.75, 3.05) is 13.7 Å². The lowest BCUT2D eigenvalue weighted by Gasteiger charge is -2.31. The summed E-state index contributed by atoms with van der Waals surface area (Å²) in [4.78, 5) is 26.1. The average molecular weight is 600 g/mol. The Kier molecular flexibility index (Phi) is 8.96. The number of para-hydroxylation sites is 1. The van der Waals surface area contributed by atoms with E-state index in [1.165, 1.54) is 29.7 Å². The number of aryl methyl sites for hydroxylation is 1. The number of benzene rings is 2. The zero-order valence-electron chi connectivity index (χ0n) is 24.3. The van der Waals surface area contributed by atoms with Crippen LogP contribution >= 0.6 is 11.3 Å². The Labute approximate surface area is 246 Å². The summed E-state index contributed by atoms with van der Waals surface area (Å²) in [7, 11) is -2.38. The van der Waals surface area contributed by atoms with Gasteiger partial charge in [0.1, 0.15) is 27.4 Å². The minimum Gasteiger partial charge on any atom is -0.495 e. The summed E-state index contributed by atoms with van der Waals surface area (Å²) in [6, 6.07) is 14.1. The predicted octanol–water partition coefficient (Wildman–Crippen LogP) is 6.26. The van der Waals surface area contributed by atoms with Gasteiger partial charge in [0.15, 0.2) is 5.78 Å². The second-order valence-corrected chi connectivity index (χ2v) is 14.0. The van der Waals surface area contributed by atoms with E-state index < -0.39 is 27.3 Å². The van der Waals surface area contributed by atoms with Gasteiger partial charge in [-0.15, -0.1) is 11.3 Å². The molecular weight excluding hydrogens is 562 g/mol.